The Morgan fingerprint density at radius 3 is 2.67 bits per heavy atom. The fourth-order valence-corrected chi connectivity index (χ4v) is 1.35. The quantitative estimate of drug-likeness (QED) is 0.811. The van der Waals surface area contributed by atoms with Crippen molar-refractivity contribution in [3.8, 4) is 5.69 Å². The Kier molecular flexibility index (Phi) is 2.90. The molecule has 0 atom stereocenters. The van der Waals surface area contributed by atoms with Gasteiger partial charge in [-0.2, -0.15) is 15.0 Å². The van der Waals surface area contributed by atoms with Crippen molar-refractivity contribution in [1.82, 2.24) is 15.0 Å². The summed E-state index contributed by atoms with van der Waals surface area (Å²) >= 11 is 0. The number of hydrogen-bond acceptors (Lipinski definition) is 3. The molecule has 1 heterocycles. The molecule has 15 heavy (non-hydrogen) atoms. The summed E-state index contributed by atoms with van der Waals surface area (Å²) in [5, 5.41) is 8.19. The molecular formula is C11H12N4. The second-order valence-corrected chi connectivity index (χ2v) is 3.02. The van der Waals surface area contributed by atoms with Gasteiger partial charge in [0.1, 0.15) is 0 Å². The van der Waals surface area contributed by atoms with Gasteiger partial charge in [-0.3, -0.25) is 0 Å². The van der Waals surface area contributed by atoms with Gasteiger partial charge in [0.05, 0.1) is 18.1 Å². The van der Waals surface area contributed by atoms with Crippen LogP contribution < -0.4 is 5.73 Å². The summed E-state index contributed by atoms with van der Waals surface area (Å²) in [5.41, 5.74) is 7.43. The molecule has 0 aliphatic rings. The van der Waals surface area contributed by atoms with E-state index in [1.54, 1.807) is 17.2 Å². The van der Waals surface area contributed by atoms with Crippen molar-refractivity contribution in [2.75, 3.05) is 6.54 Å². The summed E-state index contributed by atoms with van der Waals surface area (Å²) in [6.45, 7) is 0.529. The first-order chi connectivity index (χ1) is 7.42. The van der Waals surface area contributed by atoms with Crippen molar-refractivity contribution in [3.05, 3.63) is 48.3 Å². The van der Waals surface area contributed by atoms with Crippen LogP contribution >= 0.6 is 0 Å². The van der Waals surface area contributed by atoms with Crippen LogP contribution in [0.5, 0.6) is 0 Å². The molecule has 0 saturated carbocycles. The molecule has 4 nitrogen and oxygen atoms in total. The van der Waals surface area contributed by atoms with Gasteiger partial charge in [0, 0.05) is 12.1 Å². The first-order valence-corrected chi connectivity index (χ1v) is 4.74. The maximum atomic E-state index is 5.42. The molecule has 2 rings (SSSR count). The minimum atomic E-state index is 0.529. The lowest BCUT2D eigenvalue weighted by Gasteiger charge is -2.03. The number of rotatable bonds is 3. The Labute approximate surface area is 88.0 Å². The van der Waals surface area contributed by atoms with Crippen molar-refractivity contribution in [2.45, 2.75) is 0 Å². The van der Waals surface area contributed by atoms with Crippen LogP contribution in [-0.2, 0) is 0 Å². The minimum absolute atomic E-state index is 0.529. The third-order valence-corrected chi connectivity index (χ3v) is 2.00. The molecule has 0 amide bonds. The van der Waals surface area contributed by atoms with Crippen LogP contribution in [0.1, 0.15) is 5.56 Å². The van der Waals surface area contributed by atoms with Crippen molar-refractivity contribution in [2.24, 2.45) is 5.73 Å². The third-order valence-electron chi connectivity index (χ3n) is 2.00. The zero-order chi connectivity index (χ0) is 10.5. The fourth-order valence-electron chi connectivity index (χ4n) is 1.35. The van der Waals surface area contributed by atoms with E-state index in [0.29, 0.717) is 6.54 Å². The molecule has 1 aromatic carbocycles. The zero-order valence-electron chi connectivity index (χ0n) is 8.24. The number of hydrogen-bond donors (Lipinski definition) is 1. The van der Waals surface area contributed by atoms with E-state index in [2.05, 4.69) is 10.2 Å². The maximum absolute atomic E-state index is 5.42. The normalized spacial score (nSPS) is 11.0. The summed E-state index contributed by atoms with van der Waals surface area (Å²) in [7, 11) is 0. The molecule has 0 bridgehead atoms. The van der Waals surface area contributed by atoms with E-state index in [0.717, 1.165) is 11.3 Å². The van der Waals surface area contributed by atoms with Crippen LogP contribution in [0.25, 0.3) is 11.8 Å². The van der Waals surface area contributed by atoms with Gasteiger partial charge in [0.2, 0.25) is 0 Å². The molecule has 0 fully saturated rings. The number of aromatic nitrogens is 3. The van der Waals surface area contributed by atoms with Crippen molar-refractivity contribution in [1.29, 1.82) is 0 Å². The summed E-state index contributed by atoms with van der Waals surface area (Å²) in [5.74, 6) is 0. The minimum Gasteiger partial charge on any atom is -0.327 e. The van der Waals surface area contributed by atoms with Gasteiger partial charge in [-0.25, -0.2) is 0 Å². The molecule has 2 aromatic rings. The van der Waals surface area contributed by atoms with Crippen molar-refractivity contribution < 1.29 is 0 Å². The van der Waals surface area contributed by atoms with Crippen LogP contribution in [0.15, 0.2) is 42.7 Å². The monoisotopic (exact) mass is 200 g/mol. The largest absolute Gasteiger partial charge is 0.327 e. The first-order valence-electron chi connectivity index (χ1n) is 4.74. The van der Waals surface area contributed by atoms with Crippen LogP contribution in [0.2, 0.25) is 0 Å². The number of nitrogens with zero attached hydrogens (tertiary/aromatic N) is 3. The Balaban J connectivity index is 2.43. The molecule has 0 aliphatic carbocycles. The average Bonchev–Trinajstić information content (AvgIpc) is 2.80. The van der Waals surface area contributed by atoms with E-state index in [-0.39, 0.29) is 0 Å². The highest BCUT2D eigenvalue weighted by Crippen LogP contribution is 2.13. The highest BCUT2D eigenvalue weighted by molar-refractivity contribution is 5.59. The van der Waals surface area contributed by atoms with Crippen molar-refractivity contribution >= 4 is 6.08 Å². The molecule has 0 spiro atoms. The number of para-hydroxylation sites is 1. The molecule has 0 aliphatic heterocycles. The predicted molar refractivity (Wildman–Crippen MR) is 59.4 cm³/mol. The van der Waals surface area contributed by atoms with E-state index in [1.165, 1.54) is 0 Å². The highest BCUT2D eigenvalue weighted by Gasteiger charge is 2.01. The second-order valence-electron chi connectivity index (χ2n) is 3.02. The topological polar surface area (TPSA) is 56.7 Å². The van der Waals surface area contributed by atoms with E-state index >= 15 is 0 Å². The first kappa shape index (κ1) is 9.61. The van der Waals surface area contributed by atoms with Gasteiger partial charge in [-0.05, 0) is 6.07 Å². The second kappa shape index (κ2) is 4.52. The van der Waals surface area contributed by atoms with Gasteiger partial charge in [-0.15, -0.1) is 0 Å². The summed E-state index contributed by atoms with van der Waals surface area (Å²) in [6.07, 6.45) is 7.19. The van der Waals surface area contributed by atoms with Gasteiger partial charge in [-0.1, -0.05) is 30.4 Å². The molecule has 0 unspecified atom stereocenters. The SMILES string of the molecule is NC/C=C/c1ccccc1-n1nccn1. The van der Waals surface area contributed by atoms with Crippen LogP contribution in [-0.4, -0.2) is 21.5 Å². The lowest BCUT2D eigenvalue weighted by Crippen LogP contribution is -2.00. The lowest BCUT2D eigenvalue weighted by molar-refractivity contribution is 0.750. The molecule has 4 heteroatoms. The Hall–Kier alpha value is -1.94. The molecule has 0 saturated heterocycles. The molecule has 0 radical (unpaired) electrons. The van der Waals surface area contributed by atoms with Gasteiger partial charge >= 0.3 is 0 Å². The lowest BCUT2D eigenvalue weighted by atomic mass is 10.1. The summed E-state index contributed by atoms with van der Waals surface area (Å²) < 4.78 is 0. The molecule has 2 N–H and O–H groups in total. The highest BCUT2D eigenvalue weighted by atomic mass is 15.5. The van der Waals surface area contributed by atoms with Gasteiger partial charge in [0.15, 0.2) is 0 Å². The Bertz CT molecular complexity index is 445. The van der Waals surface area contributed by atoms with E-state index < -0.39 is 0 Å². The molecule has 76 valence electrons. The molecular weight excluding hydrogens is 188 g/mol. The van der Waals surface area contributed by atoms with Crippen LogP contribution in [0.4, 0.5) is 0 Å². The van der Waals surface area contributed by atoms with Crippen LogP contribution in [0.3, 0.4) is 0 Å². The van der Waals surface area contributed by atoms with Gasteiger partial charge < -0.3 is 5.73 Å². The number of benzene rings is 1. The smallest absolute Gasteiger partial charge is 0.0928 e. The maximum Gasteiger partial charge on any atom is 0.0928 e. The standard InChI is InChI=1S/C11H12N4/c12-7-3-5-10-4-1-2-6-11(10)15-13-8-9-14-15/h1-6,8-9H,7,12H2/b5-3+. The Morgan fingerprint density at radius 1 is 1.20 bits per heavy atom. The third kappa shape index (κ3) is 2.11. The van der Waals surface area contributed by atoms with E-state index in [4.69, 9.17) is 5.73 Å². The zero-order valence-corrected chi connectivity index (χ0v) is 8.24. The fraction of sp³-hybridized carbons (Fsp3) is 0.0909. The van der Waals surface area contributed by atoms with E-state index in [1.807, 2.05) is 36.4 Å². The summed E-state index contributed by atoms with van der Waals surface area (Å²) in [6, 6.07) is 7.91. The van der Waals surface area contributed by atoms with Gasteiger partial charge in [0.25, 0.3) is 0 Å². The van der Waals surface area contributed by atoms with E-state index in [9.17, 15) is 0 Å². The summed E-state index contributed by atoms with van der Waals surface area (Å²) in [4.78, 5) is 1.59. The van der Waals surface area contributed by atoms with Crippen molar-refractivity contribution in [3.63, 3.8) is 0 Å². The molecule has 1 aromatic heterocycles. The average molecular weight is 200 g/mol. The predicted octanol–water partition coefficient (Wildman–Crippen LogP) is 1.24. The number of nitrogens with two attached hydrogens (primary N) is 1. The van der Waals surface area contributed by atoms with Crippen LogP contribution in [0, 0.1) is 0 Å². The Morgan fingerprint density at radius 2 is 1.93 bits per heavy atom.